The normalized spacial score (nSPS) is 11.7. The van der Waals surface area contributed by atoms with E-state index in [0.29, 0.717) is 6.54 Å². The lowest BCUT2D eigenvalue weighted by Crippen LogP contribution is -2.25. The van der Waals surface area contributed by atoms with Crippen LogP contribution < -0.4 is 10.1 Å². The highest BCUT2D eigenvalue weighted by Gasteiger charge is 2.12. The van der Waals surface area contributed by atoms with E-state index in [4.69, 9.17) is 9.84 Å². The molecule has 1 aromatic rings. The summed E-state index contributed by atoms with van der Waals surface area (Å²) in [7, 11) is 1.59. The first kappa shape index (κ1) is 15.0. The fourth-order valence-corrected chi connectivity index (χ4v) is 1.74. The largest absolute Gasteiger partial charge is 0.497 e. The maximum atomic E-state index is 11.6. The van der Waals surface area contributed by atoms with Crippen molar-refractivity contribution in [2.75, 3.05) is 7.11 Å². The van der Waals surface area contributed by atoms with Crippen molar-refractivity contribution < 1.29 is 19.4 Å². The van der Waals surface area contributed by atoms with E-state index >= 15 is 0 Å². The lowest BCUT2D eigenvalue weighted by atomic mass is 10.0. The Morgan fingerprint density at radius 3 is 2.74 bits per heavy atom. The maximum Gasteiger partial charge on any atom is 0.303 e. The van der Waals surface area contributed by atoms with Gasteiger partial charge in [0.1, 0.15) is 5.75 Å². The topological polar surface area (TPSA) is 75.6 Å². The van der Waals surface area contributed by atoms with Gasteiger partial charge in [-0.15, -0.1) is 0 Å². The molecule has 0 unspecified atom stereocenters. The highest BCUT2D eigenvalue weighted by molar-refractivity contribution is 5.77. The number of methoxy groups -OCH3 is 1. The minimum atomic E-state index is -0.881. The molecular formula is C14H19NO4. The third-order valence-corrected chi connectivity index (χ3v) is 2.68. The first-order chi connectivity index (χ1) is 9.01. The van der Waals surface area contributed by atoms with E-state index in [9.17, 15) is 9.59 Å². The van der Waals surface area contributed by atoms with Crippen molar-refractivity contribution in [2.24, 2.45) is 5.92 Å². The Hall–Kier alpha value is -2.04. The molecule has 0 radical (unpaired) electrons. The third kappa shape index (κ3) is 5.90. The Balaban J connectivity index is 2.39. The van der Waals surface area contributed by atoms with Crippen LogP contribution in [0.2, 0.25) is 0 Å². The van der Waals surface area contributed by atoms with Crippen molar-refractivity contribution in [3.8, 4) is 5.75 Å². The third-order valence-electron chi connectivity index (χ3n) is 2.68. The molecule has 0 aliphatic heterocycles. The highest BCUT2D eigenvalue weighted by atomic mass is 16.5. The van der Waals surface area contributed by atoms with Gasteiger partial charge in [0.25, 0.3) is 0 Å². The van der Waals surface area contributed by atoms with Gasteiger partial charge in [-0.25, -0.2) is 0 Å². The van der Waals surface area contributed by atoms with Crippen LogP contribution in [0.25, 0.3) is 0 Å². The first-order valence-electron chi connectivity index (χ1n) is 6.12. The number of ether oxygens (including phenoxy) is 1. The van der Waals surface area contributed by atoms with Gasteiger partial charge in [-0.1, -0.05) is 19.1 Å². The van der Waals surface area contributed by atoms with Crippen molar-refractivity contribution in [3.63, 3.8) is 0 Å². The number of aliphatic carboxylic acids is 1. The number of nitrogens with one attached hydrogen (secondary N) is 1. The average molecular weight is 265 g/mol. The van der Waals surface area contributed by atoms with Crippen LogP contribution in [0.5, 0.6) is 5.75 Å². The number of carboxylic acids is 1. The van der Waals surface area contributed by atoms with Crippen LogP contribution >= 0.6 is 0 Å². The van der Waals surface area contributed by atoms with Gasteiger partial charge in [-0.3, -0.25) is 9.59 Å². The van der Waals surface area contributed by atoms with Crippen molar-refractivity contribution >= 4 is 11.9 Å². The number of hydrogen-bond acceptors (Lipinski definition) is 3. The molecule has 1 amide bonds. The summed E-state index contributed by atoms with van der Waals surface area (Å²) in [5.41, 5.74) is 0.943. The van der Waals surface area contributed by atoms with Gasteiger partial charge in [-0.2, -0.15) is 0 Å². The van der Waals surface area contributed by atoms with Gasteiger partial charge in [0.2, 0.25) is 5.91 Å². The molecule has 104 valence electrons. The number of carboxylic acid groups (broad SMARTS) is 1. The quantitative estimate of drug-likeness (QED) is 0.788. The summed E-state index contributed by atoms with van der Waals surface area (Å²) >= 11 is 0. The molecule has 19 heavy (non-hydrogen) atoms. The zero-order valence-corrected chi connectivity index (χ0v) is 11.2. The van der Waals surface area contributed by atoms with Gasteiger partial charge in [0.15, 0.2) is 0 Å². The van der Waals surface area contributed by atoms with E-state index in [1.54, 1.807) is 14.0 Å². The molecule has 2 N–H and O–H groups in total. The second kappa shape index (κ2) is 7.41. The van der Waals surface area contributed by atoms with Gasteiger partial charge in [-0.05, 0) is 23.6 Å². The maximum absolute atomic E-state index is 11.6. The fraction of sp³-hybridized carbons (Fsp3) is 0.429. The van der Waals surface area contributed by atoms with E-state index in [1.165, 1.54) is 0 Å². The lowest BCUT2D eigenvalue weighted by molar-refractivity contribution is -0.138. The molecule has 5 nitrogen and oxygen atoms in total. The fourth-order valence-electron chi connectivity index (χ4n) is 1.74. The minimum Gasteiger partial charge on any atom is -0.497 e. The van der Waals surface area contributed by atoms with Gasteiger partial charge < -0.3 is 15.2 Å². The van der Waals surface area contributed by atoms with Crippen LogP contribution in [0.1, 0.15) is 25.3 Å². The van der Waals surface area contributed by atoms with Crippen LogP contribution in [0.15, 0.2) is 24.3 Å². The molecule has 0 aliphatic rings. The van der Waals surface area contributed by atoms with Crippen LogP contribution in [0.3, 0.4) is 0 Å². The Kier molecular flexibility index (Phi) is 5.85. The van der Waals surface area contributed by atoms with Crippen molar-refractivity contribution in [1.82, 2.24) is 5.32 Å². The monoisotopic (exact) mass is 265 g/mol. The summed E-state index contributed by atoms with van der Waals surface area (Å²) < 4.78 is 5.09. The number of carbonyl (C=O) groups is 2. The molecule has 0 bridgehead atoms. The van der Waals surface area contributed by atoms with Crippen LogP contribution in [0.4, 0.5) is 0 Å². The summed E-state index contributed by atoms with van der Waals surface area (Å²) in [5, 5.41) is 11.4. The molecule has 0 aromatic heterocycles. The molecule has 0 saturated carbocycles. The van der Waals surface area contributed by atoms with Gasteiger partial charge in [0, 0.05) is 19.4 Å². The minimum absolute atomic E-state index is 0.00653. The number of benzene rings is 1. The number of rotatable bonds is 7. The predicted molar refractivity (Wildman–Crippen MR) is 70.9 cm³/mol. The Morgan fingerprint density at radius 1 is 1.37 bits per heavy atom. The van der Waals surface area contributed by atoms with Crippen molar-refractivity contribution in [3.05, 3.63) is 29.8 Å². The van der Waals surface area contributed by atoms with E-state index in [1.807, 2.05) is 24.3 Å². The zero-order chi connectivity index (χ0) is 14.3. The van der Waals surface area contributed by atoms with Crippen molar-refractivity contribution in [2.45, 2.75) is 26.3 Å². The smallest absolute Gasteiger partial charge is 0.303 e. The molecule has 1 atom stereocenters. The van der Waals surface area contributed by atoms with Crippen LogP contribution in [-0.2, 0) is 16.1 Å². The molecule has 0 fully saturated rings. The zero-order valence-electron chi connectivity index (χ0n) is 11.2. The molecular weight excluding hydrogens is 246 g/mol. The molecule has 1 rings (SSSR count). The molecule has 1 aromatic carbocycles. The summed E-state index contributed by atoms with van der Waals surface area (Å²) in [6, 6.07) is 7.43. The molecule has 0 aliphatic carbocycles. The number of carbonyl (C=O) groups excluding carboxylic acids is 1. The molecule has 0 heterocycles. The van der Waals surface area contributed by atoms with Crippen LogP contribution in [-0.4, -0.2) is 24.1 Å². The summed E-state index contributed by atoms with van der Waals surface area (Å²) in [5.74, 6) is -0.446. The number of hydrogen-bond donors (Lipinski definition) is 2. The van der Waals surface area contributed by atoms with Crippen molar-refractivity contribution in [1.29, 1.82) is 0 Å². The molecule has 5 heteroatoms. The van der Waals surface area contributed by atoms with Gasteiger partial charge in [0.05, 0.1) is 7.11 Å². The summed E-state index contributed by atoms with van der Waals surface area (Å²) in [4.78, 5) is 22.1. The van der Waals surface area contributed by atoms with E-state index in [-0.39, 0.29) is 24.7 Å². The van der Waals surface area contributed by atoms with E-state index in [0.717, 1.165) is 11.3 Å². The summed E-state index contributed by atoms with van der Waals surface area (Å²) in [6.45, 7) is 2.16. The molecule has 0 saturated heterocycles. The second-order valence-corrected chi connectivity index (χ2v) is 4.54. The van der Waals surface area contributed by atoms with Crippen LogP contribution in [0, 0.1) is 5.92 Å². The Morgan fingerprint density at radius 2 is 2.11 bits per heavy atom. The average Bonchev–Trinajstić information content (AvgIpc) is 2.35. The second-order valence-electron chi connectivity index (χ2n) is 4.54. The lowest BCUT2D eigenvalue weighted by Gasteiger charge is -2.10. The Bertz CT molecular complexity index is 445. The first-order valence-corrected chi connectivity index (χ1v) is 6.12. The Labute approximate surface area is 112 Å². The number of amides is 1. The highest BCUT2D eigenvalue weighted by Crippen LogP contribution is 2.12. The standard InChI is InChI=1S/C14H19NO4/c1-10(7-14(17)18)6-13(16)15-9-11-4-3-5-12(8-11)19-2/h3-5,8,10H,6-7,9H2,1-2H3,(H,15,16)(H,17,18)/t10-/m0/s1. The van der Waals surface area contributed by atoms with Gasteiger partial charge >= 0.3 is 5.97 Å². The summed E-state index contributed by atoms with van der Waals surface area (Å²) in [6.07, 6.45) is 0.225. The van der Waals surface area contributed by atoms with E-state index < -0.39 is 5.97 Å². The molecule has 0 spiro atoms. The van der Waals surface area contributed by atoms with E-state index in [2.05, 4.69) is 5.32 Å². The predicted octanol–water partition coefficient (Wildman–Crippen LogP) is 1.81. The SMILES string of the molecule is COc1cccc(CNC(=O)C[C@H](C)CC(=O)O)c1.